The van der Waals surface area contributed by atoms with Crippen molar-refractivity contribution >= 4 is 23.2 Å². The average Bonchev–Trinajstić information content (AvgIpc) is 1.97. The number of rotatable bonds is 2. The molecule has 3 heteroatoms. The van der Waals surface area contributed by atoms with Crippen molar-refractivity contribution in [3.05, 3.63) is 22.9 Å². The summed E-state index contributed by atoms with van der Waals surface area (Å²) in [6.45, 7) is 2.53. The lowest BCUT2D eigenvalue weighted by atomic mass is 10.1. The molecule has 62 valence electrons. The number of allylic oxidation sites excluding steroid dienone is 4. The number of halogens is 2. The molecule has 1 unspecified atom stereocenters. The molecular weight excluding hydrogens is 183 g/mol. The third kappa shape index (κ3) is 2.14. The smallest absolute Gasteiger partial charge is 0.133 e. The number of hydrogen-bond acceptors (Lipinski definition) is 1. The zero-order chi connectivity index (χ0) is 8.27. The average molecular weight is 193 g/mol. The largest absolute Gasteiger partial charge is 0.495 e. The molecule has 1 atom stereocenters. The molecule has 11 heavy (non-hydrogen) atoms. The Morgan fingerprint density at radius 2 is 2.45 bits per heavy atom. The maximum Gasteiger partial charge on any atom is 0.133 e. The Kier molecular flexibility index (Phi) is 3.28. The van der Waals surface area contributed by atoms with E-state index in [0.29, 0.717) is 17.4 Å². The van der Waals surface area contributed by atoms with Gasteiger partial charge in [-0.25, -0.2) is 0 Å². The van der Waals surface area contributed by atoms with Crippen molar-refractivity contribution in [1.29, 1.82) is 0 Å². The van der Waals surface area contributed by atoms with Gasteiger partial charge in [-0.1, -0.05) is 17.7 Å². The standard InChI is InChI=1S/C8H10Cl2O/c1-2-11-8-6(9)4-3-5-7(8)10/h3-4,7H,2,5H2,1H3. The monoisotopic (exact) mass is 192 g/mol. The predicted octanol–water partition coefficient (Wildman–Crippen LogP) is 3.04. The molecule has 1 nitrogen and oxygen atoms in total. The second kappa shape index (κ2) is 4.03. The first-order chi connectivity index (χ1) is 5.25. The van der Waals surface area contributed by atoms with Gasteiger partial charge in [-0.2, -0.15) is 0 Å². The highest BCUT2D eigenvalue weighted by atomic mass is 35.5. The fraction of sp³-hybridized carbons (Fsp3) is 0.500. The summed E-state index contributed by atoms with van der Waals surface area (Å²) in [7, 11) is 0. The highest BCUT2D eigenvalue weighted by Crippen LogP contribution is 2.26. The van der Waals surface area contributed by atoms with Crippen LogP contribution in [0, 0.1) is 0 Å². The van der Waals surface area contributed by atoms with E-state index in [2.05, 4.69) is 0 Å². The second-order valence-electron chi connectivity index (χ2n) is 2.25. The highest BCUT2D eigenvalue weighted by Gasteiger charge is 2.17. The fourth-order valence-corrected chi connectivity index (χ4v) is 1.56. The van der Waals surface area contributed by atoms with Crippen LogP contribution in [0.4, 0.5) is 0 Å². The number of alkyl halides is 1. The lowest BCUT2D eigenvalue weighted by Gasteiger charge is -2.17. The summed E-state index contributed by atoms with van der Waals surface area (Å²) in [5.74, 6) is 0.707. The molecule has 0 aromatic rings. The Labute approximate surface area is 76.6 Å². The summed E-state index contributed by atoms with van der Waals surface area (Å²) in [6.07, 6.45) is 4.57. The molecule has 0 heterocycles. The zero-order valence-corrected chi connectivity index (χ0v) is 7.82. The topological polar surface area (TPSA) is 9.23 Å². The first-order valence-electron chi connectivity index (χ1n) is 3.58. The first kappa shape index (κ1) is 8.95. The van der Waals surface area contributed by atoms with Gasteiger partial charge in [0.05, 0.1) is 17.0 Å². The molecule has 0 aliphatic heterocycles. The maximum atomic E-state index is 5.94. The Morgan fingerprint density at radius 3 is 3.00 bits per heavy atom. The van der Waals surface area contributed by atoms with Crippen molar-refractivity contribution < 1.29 is 4.74 Å². The van der Waals surface area contributed by atoms with Crippen LogP contribution in [0.2, 0.25) is 0 Å². The van der Waals surface area contributed by atoms with Crippen molar-refractivity contribution in [2.45, 2.75) is 18.7 Å². The lowest BCUT2D eigenvalue weighted by Crippen LogP contribution is -2.10. The van der Waals surface area contributed by atoms with Gasteiger partial charge in [-0.05, 0) is 19.4 Å². The van der Waals surface area contributed by atoms with E-state index < -0.39 is 0 Å². The maximum absolute atomic E-state index is 5.94. The Morgan fingerprint density at radius 1 is 1.73 bits per heavy atom. The highest BCUT2D eigenvalue weighted by molar-refractivity contribution is 6.33. The minimum Gasteiger partial charge on any atom is -0.495 e. The van der Waals surface area contributed by atoms with Crippen molar-refractivity contribution in [3.8, 4) is 0 Å². The summed E-state index contributed by atoms with van der Waals surface area (Å²) in [5, 5.41) is 0.533. The SMILES string of the molecule is CCOC1=C(Cl)C=CCC1Cl. The van der Waals surface area contributed by atoms with Crippen molar-refractivity contribution in [2.75, 3.05) is 6.61 Å². The van der Waals surface area contributed by atoms with Gasteiger partial charge < -0.3 is 4.74 Å². The fourth-order valence-electron chi connectivity index (χ4n) is 0.945. The van der Waals surface area contributed by atoms with Crippen LogP contribution in [0.25, 0.3) is 0 Å². The van der Waals surface area contributed by atoms with Crippen molar-refractivity contribution in [1.82, 2.24) is 0 Å². The van der Waals surface area contributed by atoms with Gasteiger partial charge in [0, 0.05) is 0 Å². The summed E-state index contributed by atoms with van der Waals surface area (Å²) < 4.78 is 5.27. The molecule has 0 aromatic carbocycles. The molecule has 0 saturated carbocycles. The van der Waals surface area contributed by atoms with E-state index in [9.17, 15) is 0 Å². The van der Waals surface area contributed by atoms with Crippen LogP contribution in [0.1, 0.15) is 13.3 Å². The number of hydrogen-bond donors (Lipinski definition) is 0. The van der Waals surface area contributed by atoms with E-state index >= 15 is 0 Å². The molecule has 1 aliphatic rings. The van der Waals surface area contributed by atoms with Gasteiger partial charge in [0.1, 0.15) is 5.76 Å². The van der Waals surface area contributed by atoms with Crippen LogP contribution in [-0.2, 0) is 4.74 Å². The van der Waals surface area contributed by atoms with Crippen LogP contribution in [0.15, 0.2) is 22.9 Å². The molecule has 0 spiro atoms. The Hall–Kier alpha value is -0.140. The van der Waals surface area contributed by atoms with Gasteiger partial charge in [-0.3, -0.25) is 0 Å². The van der Waals surface area contributed by atoms with Gasteiger partial charge in [0.2, 0.25) is 0 Å². The van der Waals surface area contributed by atoms with E-state index in [1.54, 1.807) is 0 Å². The first-order valence-corrected chi connectivity index (χ1v) is 4.40. The Bertz CT molecular complexity index is 196. The molecule has 0 bridgehead atoms. The molecule has 0 fully saturated rings. The third-order valence-corrected chi connectivity index (χ3v) is 2.12. The van der Waals surface area contributed by atoms with Gasteiger partial charge >= 0.3 is 0 Å². The van der Waals surface area contributed by atoms with E-state index in [1.807, 2.05) is 19.1 Å². The van der Waals surface area contributed by atoms with E-state index in [0.717, 1.165) is 6.42 Å². The van der Waals surface area contributed by atoms with Crippen LogP contribution >= 0.6 is 23.2 Å². The molecule has 1 rings (SSSR count). The molecule has 1 aliphatic carbocycles. The van der Waals surface area contributed by atoms with Crippen LogP contribution in [0.3, 0.4) is 0 Å². The summed E-state index contributed by atoms with van der Waals surface area (Å²) >= 11 is 11.8. The third-order valence-electron chi connectivity index (χ3n) is 1.43. The lowest BCUT2D eigenvalue weighted by molar-refractivity contribution is 0.218. The normalized spacial score (nSPS) is 24.1. The summed E-state index contributed by atoms with van der Waals surface area (Å²) in [6, 6.07) is 0. The molecule has 0 N–H and O–H groups in total. The van der Waals surface area contributed by atoms with Crippen molar-refractivity contribution in [2.24, 2.45) is 0 Å². The molecule has 0 aromatic heterocycles. The molecular formula is C8H10Cl2O. The minimum absolute atomic E-state index is 0.0903. The number of ether oxygens (including phenoxy) is 1. The zero-order valence-electron chi connectivity index (χ0n) is 6.31. The summed E-state index contributed by atoms with van der Waals surface area (Å²) in [4.78, 5) is 0. The van der Waals surface area contributed by atoms with Crippen LogP contribution < -0.4 is 0 Å². The molecule has 0 saturated heterocycles. The molecule has 0 amide bonds. The summed E-state index contributed by atoms with van der Waals surface area (Å²) in [5.41, 5.74) is 0. The van der Waals surface area contributed by atoms with Crippen LogP contribution in [-0.4, -0.2) is 12.0 Å². The molecule has 0 radical (unpaired) electrons. The van der Waals surface area contributed by atoms with Gasteiger partial charge in [0.15, 0.2) is 0 Å². The second-order valence-corrected chi connectivity index (χ2v) is 3.18. The van der Waals surface area contributed by atoms with Gasteiger partial charge in [-0.15, -0.1) is 11.6 Å². The van der Waals surface area contributed by atoms with Crippen molar-refractivity contribution in [3.63, 3.8) is 0 Å². The van der Waals surface area contributed by atoms with E-state index in [-0.39, 0.29) is 5.38 Å². The van der Waals surface area contributed by atoms with Crippen LogP contribution in [0.5, 0.6) is 0 Å². The Balaban J connectivity index is 2.74. The van der Waals surface area contributed by atoms with Gasteiger partial charge in [0.25, 0.3) is 0 Å². The minimum atomic E-state index is -0.0903. The van der Waals surface area contributed by atoms with E-state index in [4.69, 9.17) is 27.9 Å². The quantitative estimate of drug-likeness (QED) is 0.612. The van der Waals surface area contributed by atoms with E-state index in [1.165, 1.54) is 0 Å². The predicted molar refractivity (Wildman–Crippen MR) is 47.9 cm³/mol.